The number of amides is 1. The fourth-order valence-corrected chi connectivity index (χ4v) is 1.28. The molecule has 4 nitrogen and oxygen atoms in total. The van der Waals surface area contributed by atoms with E-state index < -0.39 is 17.7 Å². The predicted molar refractivity (Wildman–Crippen MR) is 59.5 cm³/mol. The molecule has 1 aromatic rings. The Morgan fingerprint density at radius 3 is 2.69 bits per heavy atom. The van der Waals surface area contributed by atoms with Crippen molar-refractivity contribution in [2.45, 2.75) is 0 Å². The van der Waals surface area contributed by atoms with Crippen molar-refractivity contribution in [1.29, 1.82) is 0 Å². The number of rotatable bonds is 3. The van der Waals surface area contributed by atoms with Gasteiger partial charge in [-0.1, -0.05) is 15.9 Å². The Labute approximate surface area is 98.9 Å². The molecular formula is C10H7BrFNO3. The number of carbonyl (C=O) groups is 2. The van der Waals surface area contributed by atoms with E-state index in [4.69, 9.17) is 5.11 Å². The largest absolute Gasteiger partial charge is 0.478 e. The van der Waals surface area contributed by atoms with E-state index in [2.05, 4.69) is 21.2 Å². The second kappa shape index (κ2) is 5.41. The van der Waals surface area contributed by atoms with E-state index >= 15 is 0 Å². The van der Waals surface area contributed by atoms with Gasteiger partial charge >= 0.3 is 5.97 Å². The minimum atomic E-state index is -1.25. The highest BCUT2D eigenvalue weighted by Crippen LogP contribution is 2.19. The first-order valence-corrected chi connectivity index (χ1v) is 4.95. The lowest BCUT2D eigenvalue weighted by atomic mass is 10.3. The molecule has 0 saturated heterocycles. The average molecular weight is 288 g/mol. The summed E-state index contributed by atoms with van der Waals surface area (Å²) in [7, 11) is 0. The van der Waals surface area contributed by atoms with Gasteiger partial charge < -0.3 is 10.4 Å². The van der Waals surface area contributed by atoms with Gasteiger partial charge in [0.2, 0.25) is 5.91 Å². The van der Waals surface area contributed by atoms with Gasteiger partial charge in [-0.3, -0.25) is 4.79 Å². The number of hydrogen-bond acceptors (Lipinski definition) is 2. The minimum absolute atomic E-state index is 0.0191. The molecule has 1 aromatic carbocycles. The van der Waals surface area contributed by atoms with Crippen molar-refractivity contribution in [3.63, 3.8) is 0 Å². The predicted octanol–water partition coefficient (Wildman–Crippen LogP) is 2.17. The second-order valence-electron chi connectivity index (χ2n) is 2.78. The highest BCUT2D eigenvalue weighted by molar-refractivity contribution is 9.10. The van der Waals surface area contributed by atoms with E-state index in [0.29, 0.717) is 10.5 Å². The molecular weight excluding hydrogens is 281 g/mol. The fraction of sp³-hybridized carbons (Fsp3) is 0. The molecule has 0 aliphatic carbocycles. The summed E-state index contributed by atoms with van der Waals surface area (Å²) in [5.41, 5.74) is -0.0191. The maximum atomic E-state index is 13.2. The van der Waals surface area contributed by atoms with Gasteiger partial charge in [0.25, 0.3) is 0 Å². The van der Waals surface area contributed by atoms with E-state index in [1.165, 1.54) is 18.2 Å². The zero-order valence-electron chi connectivity index (χ0n) is 7.91. The third kappa shape index (κ3) is 3.82. The first kappa shape index (κ1) is 12.4. The molecule has 2 N–H and O–H groups in total. The molecule has 0 bridgehead atoms. The van der Waals surface area contributed by atoms with Gasteiger partial charge in [0.05, 0.1) is 5.69 Å². The Morgan fingerprint density at radius 2 is 2.06 bits per heavy atom. The molecule has 0 unspecified atom stereocenters. The molecule has 0 atom stereocenters. The van der Waals surface area contributed by atoms with E-state index in [0.717, 1.165) is 6.08 Å². The van der Waals surface area contributed by atoms with Gasteiger partial charge in [0, 0.05) is 16.6 Å². The van der Waals surface area contributed by atoms with Crippen LogP contribution in [0.4, 0.5) is 10.1 Å². The Balaban J connectivity index is 2.77. The standard InChI is InChI=1S/C10H7BrFNO3/c11-6-1-2-7(12)8(5-6)13-9(14)3-4-10(15)16/h1-5H,(H,13,14)(H,15,16)/b4-3+. The van der Waals surface area contributed by atoms with E-state index in [9.17, 15) is 14.0 Å². The lowest BCUT2D eigenvalue weighted by Gasteiger charge is -2.03. The summed E-state index contributed by atoms with van der Waals surface area (Å²) in [4.78, 5) is 21.3. The fourth-order valence-electron chi connectivity index (χ4n) is 0.915. The van der Waals surface area contributed by atoms with Crippen LogP contribution >= 0.6 is 15.9 Å². The van der Waals surface area contributed by atoms with Gasteiger partial charge in [-0.05, 0) is 18.2 Å². The molecule has 1 amide bonds. The molecule has 1 rings (SSSR count). The maximum Gasteiger partial charge on any atom is 0.328 e. The Bertz CT molecular complexity index is 459. The SMILES string of the molecule is O=C(O)/C=C/C(=O)Nc1cc(Br)ccc1F. The summed E-state index contributed by atoms with van der Waals surface area (Å²) in [6.45, 7) is 0. The number of carbonyl (C=O) groups excluding carboxylic acids is 1. The number of carboxylic acid groups (broad SMARTS) is 1. The molecule has 0 fully saturated rings. The van der Waals surface area contributed by atoms with Crippen molar-refractivity contribution in [1.82, 2.24) is 0 Å². The molecule has 0 heterocycles. The topological polar surface area (TPSA) is 66.4 Å². The van der Waals surface area contributed by atoms with Crippen LogP contribution in [-0.2, 0) is 9.59 Å². The third-order valence-corrected chi connectivity index (χ3v) is 2.06. The van der Waals surface area contributed by atoms with Crippen molar-refractivity contribution in [3.8, 4) is 0 Å². The quantitative estimate of drug-likeness (QED) is 0.838. The van der Waals surface area contributed by atoms with Crippen molar-refractivity contribution in [2.75, 3.05) is 5.32 Å². The monoisotopic (exact) mass is 287 g/mol. The molecule has 0 saturated carbocycles. The van der Waals surface area contributed by atoms with Gasteiger partial charge in [0.15, 0.2) is 0 Å². The number of hydrogen-bond donors (Lipinski definition) is 2. The highest BCUT2D eigenvalue weighted by Gasteiger charge is 2.05. The molecule has 0 aliphatic heterocycles. The Hall–Kier alpha value is -1.69. The summed E-state index contributed by atoms with van der Waals surface area (Å²) in [6.07, 6.45) is 1.48. The van der Waals surface area contributed by atoms with Gasteiger partial charge in [0.1, 0.15) is 5.82 Å². The smallest absolute Gasteiger partial charge is 0.328 e. The van der Waals surface area contributed by atoms with Crippen LogP contribution in [0.3, 0.4) is 0 Å². The van der Waals surface area contributed by atoms with E-state index in [1.807, 2.05) is 0 Å². The molecule has 6 heteroatoms. The van der Waals surface area contributed by atoms with Crippen molar-refractivity contribution in [2.24, 2.45) is 0 Å². The van der Waals surface area contributed by atoms with Gasteiger partial charge in [-0.25, -0.2) is 9.18 Å². The Morgan fingerprint density at radius 1 is 1.38 bits per heavy atom. The normalized spacial score (nSPS) is 10.4. The second-order valence-corrected chi connectivity index (χ2v) is 3.70. The number of aliphatic carboxylic acids is 1. The third-order valence-electron chi connectivity index (χ3n) is 1.56. The minimum Gasteiger partial charge on any atom is -0.478 e. The zero-order valence-corrected chi connectivity index (χ0v) is 9.49. The molecule has 0 spiro atoms. The molecule has 0 radical (unpaired) electrons. The maximum absolute atomic E-state index is 13.2. The number of carboxylic acids is 1. The zero-order chi connectivity index (χ0) is 12.1. The molecule has 0 aromatic heterocycles. The summed E-state index contributed by atoms with van der Waals surface area (Å²) in [5.74, 6) is -2.55. The van der Waals surface area contributed by atoms with Crippen LogP contribution in [0, 0.1) is 5.82 Å². The van der Waals surface area contributed by atoms with E-state index in [-0.39, 0.29) is 5.69 Å². The van der Waals surface area contributed by atoms with Crippen LogP contribution in [0.15, 0.2) is 34.8 Å². The van der Waals surface area contributed by atoms with Crippen LogP contribution < -0.4 is 5.32 Å². The molecule has 16 heavy (non-hydrogen) atoms. The highest BCUT2D eigenvalue weighted by atomic mass is 79.9. The Kier molecular flexibility index (Phi) is 4.19. The van der Waals surface area contributed by atoms with Crippen molar-refractivity contribution >= 4 is 33.5 Å². The summed E-state index contributed by atoms with van der Waals surface area (Å²) >= 11 is 3.12. The summed E-state index contributed by atoms with van der Waals surface area (Å²) < 4.78 is 13.8. The van der Waals surface area contributed by atoms with Crippen LogP contribution in [0.1, 0.15) is 0 Å². The van der Waals surface area contributed by atoms with Crippen molar-refractivity contribution < 1.29 is 19.1 Å². The lowest BCUT2D eigenvalue weighted by Crippen LogP contribution is -2.10. The first-order chi connectivity index (χ1) is 7.49. The van der Waals surface area contributed by atoms with E-state index in [1.54, 1.807) is 0 Å². The summed E-state index contributed by atoms with van der Waals surface area (Å²) in [5, 5.41) is 10.5. The number of benzene rings is 1. The number of nitrogens with one attached hydrogen (secondary N) is 1. The summed E-state index contributed by atoms with van der Waals surface area (Å²) in [6, 6.07) is 4.04. The first-order valence-electron chi connectivity index (χ1n) is 4.16. The van der Waals surface area contributed by atoms with Gasteiger partial charge in [-0.15, -0.1) is 0 Å². The van der Waals surface area contributed by atoms with Crippen LogP contribution in [-0.4, -0.2) is 17.0 Å². The van der Waals surface area contributed by atoms with Crippen LogP contribution in [0.25, 0.3) is 0 Å². The average Bonchev–Trinajstić information content (AvgIpc) is 2.20. The molecule has 0 aliphatic rings. The van der Waals surface area contributed by atoms with Crippen LogP contribution in [0.5, 0.6) is 0 Å². The van der Waals surface area contributed by atoms with Crippen molar-refractivity contribution in [3.05, 3.63) is 40.6 Å². The van der Waals surface area contributed by atoms with Crippen LogP contribution in [0.2, 0.25) is 0 Å². The number of halogens is 2. The lowest BCUT2D eigenvalue weighted by molar-refractivity contribution is -0.131. The number of anilines is 1. The molecule has 84 valence electrons. The van der Waals surface area contributed by atoms with Gasteiger partial charge in [-0.2, -0.15) is 0 Å².